The van der Waals surface area contributed by atoms with Crippen molar-refractivity contribution in [1.29, 1.82) is 0 Å². The van der Waals surface area contributed by atoms with Crippen LogP contribution in [0.4, 0.5) is 18.9 Å². The number of anilines is 1. The van der Waals surface area contributed by atoms with E-state index in [0.717, 1.165) is 5.01 Å². The lowest BCUT2D eigenvalue weighted by Gasteiger charge is -2.48. The molecule has 2 atom stereocenters. The number of hydrogen-bond donors (Lipinski definition) is 1. The summed E-state index contributed by atoms with van der Waals surface area (Å²) in [5.41, 5.74) is -2.10. The van der Waals surface area contributed by atoms with Gasteiger partial charge in [0, 0.05) is 35.9 Å². The van der Waals surface area contributed by atoms with Crippen LogP contribution in [-0.2, 0) is 29.8 Å². The van der Waals surface area contributed by atoms with E-state index in [4.69, 9.17) is 20.1 Å². The maximum atomic E-state index is 14.8. The van der Waals surface area contributed by atoms with Crippen LogP contribution in [0.2, 0.25) is 0 Å². The SMILES string of the molecule is CCOc1cc(C(C(=O)OC(=O)C(F)(F)F)(N(N)c2ccc3cnccc3c2)N2CCCC2c2ccccc2S(=O)(=O)C(C)C)ccc1OC(C)C. The minimum Gasteiger partial charge on any atom is -0.490 e. The number of ether oxygens (including phenoxy) is 3. The third kappa shape index (κ3) is 7.30. The molecule has 52 heavy (non-hydrogen) atoms. The molecule has 2 N–H and O–H groups in total. The van der Waals surface area contributed by atoms with E-state index in [1.165, 1.54) is 43.0 Å². The summed E-state index contributed by atoms with van der Waals surface area (Å²) in [5.74, 6) is 3.02. The molecule has 11 nitrogen and oxygen atoms in total. The van der Waals surface area contributed by atoms with Gasteiger partial charge < -0.3 is 14.2 Å². The molecule has 0 radical (unpaired) electrons. The van der Waals surface area contributed by atoms with Gasteiger partial charge >= 0.3 is 18.1 Å². The molecule has 1 aliphatic rings. The quantitative estimate of drug-likeness (QED) is 0.0726. The van der Waals surface area contributed by atoms with Gasteiger partial charge in [-0.15, -0.1) is 0 Å². The number of fused-ring (bicyclic) bond motifs is 1. The van der Waals surface area contributed by atoms with E-state index in [0.29, 0.717) is 22.8 Å². The normalized spacial score (nSPS) is 16.6. The largest absolute Gasteiger partial charge is 0.491 e. The Labute approximate surface area is 300 Å². The first-order valence-electron chi connectivity index (χ1n) is 16.8. The molecule has 2 unspecified atom stereocenters. The predicted octanol–water partition coefficient (Wildman–Crippen LogP) is 6.61. The Balaban J connectivity index is 1.86. The summed E-state index contributed by atoms with van der Waals surface area (Å²) in [6.07, 6.45) is -2.05. The standard InChI is InChI=1S/C37H41F3N4O7S/c1-6-49-32-21-27(14-16-31(32)50-23(2)3)36(34(45)51-35(46)37(38,39)40,44(41)28-15-13-26-22-42-18-17-25(26)20-28)43-19-9-11-30(43)29-10-7-8-12-33(29)52(47,48)24(4)5/h7-8,10,12-18,20-24,30H,6,9,11,19,41H2,1-5H3. The highest BCUT2D eigenvalue weighted by Gasteiger charge is 2.58. The summed E-state index contributed by atoms with van der Waals surface area (Å²) < 4.78 is 85.4. The molecular formula is C37H41F3N4O7S. The van der Waals surface area contributed by atoms with Crippen molar-refractivity contribution in [1.82, 2.24) is 9.88 Å². The second kappa shape index (κ2) is 15.1. The number of halogens is 3. The smallest absolute Gasteiger partial charge is 0.490 e. The molecule has 0 bridgehead atoms. The van der Waals surface area contributed by atoms with E-state index in [1.54, 1.807) is 75.6 Å². The number of nitrogens with zero attached hydrogens (tertiary/aromatic N) is 3. The van der Waals surface area contributed by atoms with Crippen LogP contribution >= 0.6 is 0 Å². The van der Waals surface area contributed by atoms with Gasteiger partial charge in [0.15, 0.2) is 21.3 Å². The number of rotatable bonds is 12. The second-order valence-electron chi connectivity index (χ2n) is 12.9. The molecular weight excluding hydrogens is 701 g/mol. The molecule has 0 saturated carbocycles. The highest BCUT2D eigenvalue weighted by molar-refractivity contribution is 7.92. The zero-order chi connectivity index (χ0) is 38.0. The summed E-state index contributed by atoms with van der Waals surface area (Å²) in [4.78, 5) is 32.9. The number of nitrogens with two attached hydrogens (primary N) is 1. The first-order chi connectivity index (χ1) is 24.5. The fraction of sp³-hybridized carbons (Fsp3) is 0.378. The molecule has 0 amide bonds. The number of aromatic nitrogens is 1. The lowest BCUT2D eigenvalue weighted by Crippen LogP contribution is -2.66. The average molecular weight is 743 g/mol. The Morgan fingerprint density at radius 2 is 1.71 bits per heavy atom. The number of alkyl halides is 3. The molecule has 1 saturated heterocycles. The fourth-order valence-corrected chi connectivity index (χ4v) is 7.80. The van der Waals surface area contributed by atoms with Gasteiger partial charge in [0.2, 0.25) is 5.66 Å². The van der Waals surface area contributed by atoms with Gasteiger partial charge in [-0.25, -0.2) is 23.8 Å². The lowest BCUT2D eigenvalue weighted by molar-refractivity contribution is -0.206. The van der Waals surface area contributed by atoms with E-state index in [9.17, 15) is 31.2 Å². The van der Waals surface area contributed by atoms with Crippen LogP contribution < -0.4 is 20.3 Å². The van der Waals surface area contributed by atoms with Gasteiger partial charge in [-0.05, 0) is 94.8 Å². The zero-order valence-electron chi connectivity index (χ0n) is 29.4. The van der Waals surface area contributed by atoms with E-state index in [1.807, 2.05) is 0 Å². The van der Waals surface area contributed by atoms with Gasteiger partial charge in [-0.3, -0.25) is 14.9 Å². The highest BCUT2D eigenvalue weighted by atomic mass is 32.2. The summed E-state index contributed by atoms with van der Waals surface area (Å²) in [6, 6.07) is 16.2. The molecule has 2 heterocycles. The number of pyridine rings is 1. The third-order valence-electron chi connectivity index (χ3n) is 8.83. The Bertz CT molecular complexity index is 2060. The molecule has 1 aromatic heterocycles. The number of likely N-dealkylation sites (tertiary alicyclic amines) is 1. The van der Waals surface area contributed by atoms with Crippen molar-refractivity contribution in [3.63, 3.8) is 0 Å². The highest BCUT2D eigenvalue weighted by Crippen LogP contribution is 2.49. The van der Waals surface area contributed by atoms with Crippen LogP contribution in [0.1, 0.15) is 64.6 Å². The van der Waals surface area contributed by atoms with Gasteiger partial charge in [-0.2, -0.15) is 13.2 Å². The van der Waals surface area contributed by atoms with Crippen molar-refractivity contribution >= 4 is 38.2 Å². The maximum absolute atomic E-state index is 14.8. The summed E-state index contributed by atoms with van der Waals surface area (Å²) in [5, 5.41) is 1.49. The number of hydrogen-bond acceptors (Lipinski definition) is 11. The van der Waals surface area contributed by atoms with Crippen molar-refractivity contribution in [2.45, 2.75) is 81.6 Å². The Morgan fingerprint density at radius 3 is 2.38 bits per heavy atom. The molecule has 15 heteroatoms. The van der Waals surface area contributed by atoms with Crippen molar-refractivity contribution in [2.24, 2.45) is 5.84 Å². The number of benzene rings is 3. The summed E-state index contributed by atoms with van der Waals surface area (Å²) >= 11 is 0. The zero-order valence-corrected chi connectivity index (χ0v) is 30.2. The fourth-order valence-electron chi connectivity index (χ4n) is 6.49. The van der Waals surface area contributed by atoms with Crippen LogP contribution in [0.25, 0.3) is 10.8 Å². The number of hydrazine groups is 1. The monoisotopic (exact) mass is 742 g/mol. The third-order valence-corrected chi connectivity index (χ3v) is 11.1. The molecule has 1 aliphatic heterocycles. The molecule has 5 rings (SSSR count). The van der Waals surface area contributed by atoms with Gasteiger partial charge in [0.1, 0.15) is 0 Å². The summed E-state index contributed by atoms with van der Waals surface area (Å²) in [7, 11) is -3.90. The van der Waals surface area contributed by atoms with E-state index in [-0.39, 0.29) is 53.3 Å². The Kier molecular flexibility index (Phi) is 11.2. The van der Waals surface area contributed by atoms with E-state index >= 15 is 0 Å². The van der Waals surface area contributed by atoms with E-state index < -0.39 is 44.9 Å². The minimum atomic E-state index is -5.54. The molecule has 3 aromatic carbocycles. The Morgan fingerprint density at radius 1 is 0.981 bits per heavy atom. The van der Waals surface area contributed by atoms with Gasteiger partial charge in [0.05, 0.1) is 28.5 Å². The van der Waals surface area contributed by atoms with Gasteiger partial charge in [-0.1, -0.05) is 30.3 Å². The molecule has 0 aliphatic carbocycles. The first kappa shape index (κ1) is 38.5. The molecule has 4 aromatic rings. The van der Waals surface area contributed by atoms with Gasteiger partial charge in [0.25, 0.3) is 0 Å². The van der Waals surface area contributed by atoms with Crippen molar-refractivity contribution in [2.75, 3.05) is 18.2 Å². The number of carbonyl (C=O) groups excluding carboxylic acids is 2. The van der Waals surface area contributed by atoms with Crippen LogP contribution in [0, 0.1) is 0 Å². The maximum Gasteiger partial charge on any atom is 0.491 e. The number of sulfone groups is 1. The number of esters is 2. The number of carbonyl (C=O) groups is 2. The van der Waals surface area contributed by atoms with Crippen molar-refractivity contribution in [3.05, 3.63) is 90.3 Å². The van der Waals surface area contributed by atoms with Crippen LogP contribution in [0.5, 0.6) is 11.5 Å². The molecule has 1 fully saturated rings. The molecule has 0 spiro atoms. The topological polar surface area (TPSA) is 141 Å². The van der Waals surface area contributed by atoms with Crippen LogP contribution in [0.3, 0.4) is 0 Å². The van der Waals surface area contributed by atoms with Crippen molar-refractivity contribution < 1.29 is 45.4 Å². The Hall–Kier alpha value is -4.73. The lowest BCUT2D eigenvalue weighted by atomic mass is 9.92. The predicted molar refractivity (Wildman–Crippen MR) is 188 cm³/mol. The first-order valence-corrected chi connectivity index (χ1v) is 18.3. The second-order valence-corrected chi connectivity index (χ2v) is 15.3. The molecule has 278 valence electrons. The minimum absolute atomic E-state index is 0.00648. The average Bonchev–Trinajstić information content (AvgIpc) is 3.58. The van der Waals surface area contributed by atoms with Crippen LogP contribution in [-0.4, -0.2) is 60.9 Å². The van der Waals surface area contributed by atoms with Crippen LogP contribution in [0.15, 0.2) is 84.0 Å². The van der Waals surface area contributed by atoms with Crippen molar-refractivity contribution in [3.8, 4) is 11.5 Å². The summed E-state index contributed by atoms with van der Waals surface area (Å²) in [6.45, 7) is 8.56. The van der Waals surface area contributed by atoms with E-state index in [2.05, 4.69) is 4.98 Å².